The third-order valence-corrected chi connectivity index (χ3v) is 3.90. The quantitative estimate of drug-likeness (QED) is 0.766. The fraction of sp³-hybridized carbons (Fsp3) is 0.923. The molecule has 2 aliphatic rings. The summed E-state index contributed by atoms with van der Waals surface area (Å²) in [6.45, 7) is 5.79. The van der Waals surface area contributed by atoms with E-state index in [2.05, 4.69) is 17.3 Å². The molecule has 18 heavy (non-hydrogen) atoms. The normalized spacial score (nSPS) is 26.1. The van der Waals surface area contributed by atoms with Crippen LogP contribution in [0.3, 0.4) is 0 Å². The van der Waals surface area contributed by atoms with E-state index in [9.17, 15) is 4.79 Å². The van der Waals surface area contributed by atoms with Gasteiger partial charge in [0, 0.05) is 45.4 Å². The first-order valence-electron chi connectivity index (χ1n) is 7.04. The van der Waals surface area contributed by atoms with Gasteiger partial charge in [0.25, 0.3) is 0 Å². The number of hydrogen-bond acceptors (Lipinski definition) is 4. The van der Waals surface area contributed by atoms with E-state index in [1.165, 1.54) is 0 Å². The number of likely N-dealkylation sites (N-methyl/N-ethyl adjacent to an activating group) is 1. The van der Waals surface area contributed by atoms with Crippen molar-refractivity contribution >= 4 is 5.91 Å². The third kappa shape index (κ3) is 3.93. The summed E-state index contributed by atoms with van der Waals surface area (Å²) < 4.78 is 5.47. The van der Waals surface area contributed by atoms with Crippen LogP contribution in [0, 0.1) is 0 Å². The number of carbonyl (C=O) groups is 1. The molecular formula is C13H25N3O2. The molecule has 2 aliphatic heterocycles. The number of piperazine rings is 1. The largest absolute Gasteiger partial charge is 0.381 e. The zero-order valence-electron chi connectivity index (χ0n) is 11.4. The summed E-state index contributed by atoms with van der Waals surface area (Å²) in [4.78, 5) is 16.3. The van der Waals surface area contributed by atoms with E-state index in [0.29, 0.717) is 12.6 Å². The number of nitrogens with one attached hydrogen (secondary N) is 1. The minimum absolute atomic E-state index is 0.268. The van der Waals surface area contributed by atoms with Crippen molar-refractivity contribution in [1.82, 2.24) is 15.1 Å². The summed E-state index contributed by atoms with van der Waals surface area (Å²) in [5.41, 5.74) is 0. The van der Waals surface area contributed by atoms with Crippen molar-refractivity contribution in [3.8, 4) is 0 Å². The van der Waals surface area contributed by atoms with Crippen molar-refractivity contribution in [3.05, 3.63) is 0 Å². The van der Waals surface area contributed by atoms with E-state index in [1.807, 2.05) is 4.90 Å². The van der Waals surface area contributed by atoms with E-state index >= 15 is 0 Å². The van der Waals surface area contributed by atoms with E-state index in [0.717, 1.165) is 58.7 Å². The Bertz CT molecular complexity index is 259. The maximum absolute atomic E-state index is 12.2. The predicted molar refractivity (Wildman–Crippen MR) is 70.5 cm³/mol. The van der Waals surface area contributed by atoms with Gasteiger partial charge < -0.3 is 15.0 Å². The molecule has 2 fully saturated rings. The SMILES string of the molecule is CN(CC(=O)N1CCNCC1)C1CCCOCC1. The molecule has 1 unspecified atom stereocenters. The van der Waals surface area contributed by atoms with Crippen LogP contribution in [0.15, 0.2) is 0 Å². The molecule has 5 heteroatoms. The van der Waals surface area contributed by atoms with Crippen LogP contribution in [0.5, 0.6) is 0 Å². The van der Waals surface area contributed by atoms with Crippen LogP contribution in [0.1, 0.15) is 19.3 Å². The second-order valence-electron chi connectivity index (χ2n) is 5.24. The molecule has 104 valence electrons. The van der Waals surface area contributed by atoms with Gasteiger partial charge in [0.15, 0.2) is 0 Å². The number of carbonyl (C=O) groups excluding carboxylic acids is 1. The summed E-state index contributed by atoms with van der Waals surface area (Å²) in [7, 11) is 2.07. The first kappa shape index (κ1) is 13.8. The van der Waals surface area contributed by atoms with Crippen molar-refractivity contribution in [2.24, 2.45) is 0 Å². The average molecular weight is 255 g/mol. The fourth-order valence-electron chi connectivity index (χ4n) is 2.68. The minimum Gasteiger partial charge on any atom is -0.381 e. The van der Waals surface area contributed by atoms with Gasteiger partial charge in [-0.3, -0.25) is 9.69 Å². The highest BCUT2D eigenvalue weighted by Crippen LogP contribution is 2.14. The first-order chi connectivity index (χ1) is 8.77. The predicted octanol–water partition coefficient (Wildman–Crippen LogP) is -0.0809. The Balaban J connectivity index is 1.77. The molecule has 1 atom stereocenters. The maximum Gasteiger partial charge on any atom is 0.236 e. The van der Waals surface area contributed by atoms with Gasteiger partial charge in [-0.25, -0.2) is 0 Å². The Hall–Kier alpha value is -0.650. The molecule has 0 saturated carbocycles. The Kier molecular flexibility index (Phi) is 5.41. The lowest BCUT2D eigenvalue weighted by Gasteiger charge is -2.31. The Morgan fingerprint density at radius 1 is 1.33 bits per heavy atom. The molecule has 2 heterocycles. The van der Waals surface area contributed by atoms with Gasteiger partial charge in [-0.1, -0.05) is 0 Å². The zero-order valence-corrected chi connectivity index (χ0v) is 11.4. The topological polar surface area (TPSA) is 44.8 Å². The molecule has 0 bridgehead atoms. The van der Waals surface area contributed by atoms with Crippen molar-refractivity contribution in [2.75, 3.05) is 53.0 Å². The molecular weight excluding hydrogens is 230 g/mol. The van der Waals surface area contributed by atoms with Gasteiger partial charge >= 0.3 is 0 Å². The molecule has 0 aromatic carbocycles. The highest BCUT2D eigenvalue weighted by molar-refractivity contribution is 5.78. The van der Waals surface area contributed by atoms with Gasteiger partial charge in [-0.05, 0) is 26.3 Å². The van der Waals surface area contributed by atoms with Gasteiger partial charge in [0.1, 0.15) is 0 Å². The molecule has 5 nitrogen and oxygen atoms in total. The van der Waals surface area contributed by atoms with Crippen LogP contribution in [0.2, 0.25) is 0 Å². The molecule has 1 amide bonds. The van der Waals surface area contributed by atoms with Crippen LogP contribution >= 0.6 is 0 Å². The second kappa shape index (κ2) is 7.07. The summed E-state index contributed by atoms with van der Waals surface area (Å²) >= 11 is 0. The lowest BCUT2D eigenvalue weighted by atomic mass is 10.1. The summed E-state index contributed by atoms with van der Waals surface area (Å²) in [6, 6.07) is 0.499. The van der Waals surface area contributed by atoms with E-state index in [-0.39, 0.29) is 5.91 Å². The number of rotatable bonds is 3. The molecule has 0 spiro atoms. The molecule has 0 aliphatic carbocycles. The Morgan fingerprint density at radius 3 is 2.89 bits per heavy atom. The molecule has 2 rings (SSSR count). The summed E-state index contributed by atoms with van der Waals surface area (Å²) in [5, 5.41) is 3.27. The molecule has 0 aromatic heterocycles. The van der Waals surface area contributed by atoms with E-state index in [1.54, 1.807) is 0 Å². The van der Waals surface area contributed by atoms with Gasteiger partial charge in [0.05, 0.1) is 6.54 Å². The van der Waals surface area contributed by atoms with Crippen molar-refractivity contribution in [1.29, 1.82) is 0 Å². The second-order valence-corrected chi connectivity index (χ2v) is 5.24. The number of amides is 1. The van der Waals surface area contributed by atoms with Gasteiger partial charge in [0.2, 0.25) is 5.91 Å². The summed E-state index contributed by atoms with van der Waals surface area (Å²) in [6.07, 6.45) is 3.30. The number of nitrogens with zero attached hydrogens (tertiary/aromatic N) is 2. The fourth-order valence-corrected chi connectivity index (χ4v) is 2.68. The van der Waals surface area contributed by atoms with Gasteiger partial charge in [-0.2, -0.15) is 0 Å². The standard InChI is InChI=1S/C13H25N3O2/c1-15(12-3-2-9-18-10-4-12)11-13(17)16-7-5-14-6-8-16/h12,14H,2-11H2,1H3. The third-order valence-electron chi connectivity index (χ3n) is 3.90. The highest BCUT2D eigenvalue weighted by atomic mass is 16.5. The highest BCUT2D eigenvalue weighted by Gasteiger charge is 2.22. The van der Waals surface area contributed by atoms with Crippen molar-refractivity contribution < 1.29 is 9.53 Å². The Morgan fingerprint density at radius 2 is 2.11 bits per heavy atom. The lowest BCUT2D eigenvalue weighted by molar-refractivity contribution is -0.133. The van der Waals surface area contributed by atoms with E-state index < -0.39 is 0 Å². The Labute approximate surface area is 109 Å². The van der Waals surface area contributed by atoms with Gasteiger partial charge in [-0.15, -0.1) is 0 Å². The molecule has 2 saturated heterocycles. The smallest absolute Gasteiger partial charge is 0.236 e. The van der Waals surface area contributed by atoms with Crippen LogP contribution in [-0.2, 0) is 9.53 Å². The molecule has 1 N–H and O–H groups in total. The maximum atomic E-state index is 12.2. The van der Waals surface area contributed by atoms with Crippen LogP contribution in [0.25, 0.3) is 0 Å². The van der Waals surface area contributed by atoms with E-state index in [4.69, 9.17) is 4.74 Å². The average Bonchev–Trinajstić information content (AvgIpc) is 2.68. The van der Waals surface area contributed by atoms with Crippen LogP contribution in [-0.4, -0.2) is 74.7 Å². The first-order valence-corrected chi connectivity index (χ1v) is 7.04. The monoisotopic (exact) mass is 255 g/mol. The summed E-state index contributed by atoms with van der Waals surface area (Å²) in [5.74, 6) is 0.268. The van der Waals surface area contributed by atoms with Crippen molar-refractivity contribution in [3.63, 3.8) is 0 Å². The zero-order chi connectivity index (χ0) is 12.8. The lowest BCUT2D eigenvalue weighted by Crippen LogP contribution is -2.50. The number of ether oxygens (including phenoxy) is 1. The van der Waals surface area contributed by atoms with Crippen LogP contribution < -0.4 is 5.32 Å². The molecule has 0 radical (unpaired) electrons. The minimum atomic E-state index is 0.268. The van der Waals surface area contributed by atoms with Crippen LogP contribution in [0.4, 0.5) is 0 Å². The number of hydrogen-bond donors (Lipinski definition) is 1. The van der Waals surface area contributed by atoms with Crippen molar-refractivity contribution in [2.45, 2.75) is 25.3 Å². The molecule has 0 aromatic rings.